The molecule has 0 unspecified atom stereocenters. The normalized spacial score (nSPS) is 11.1. The number of carbonyl (C=O) groups excluding carboxylic acids is 1. The van der Waals surface area contributed by atoms with Gasteiger partial charge in [-0.1, -0.05) is 55.3 Å². The van der Waals surface area contributed by atoms with Crippen molar-refractivity contribution in [3.63, 3.8) is 0 Å². The lowest BCUT2D eigenvalue weighted by Crippen LogP contribution is -2.33. The van der Waals surface area contributed by atoms with E-state index in [0.717, 1.165) is 24.8 Å². The Morgan fingerprint density at radius 1 is 1.00 bits per heavy atom. The van der Waals surface area contributed by atoms with Crippen LogP contribution in [-0.4, -0.2) is 40.3 Å². The second-order valence-corrected chi connectivity index (χ2v) is 10.9. The number of nitrogens with zero attached hydrogens (tertiary/aromatic N) is 1. The van der Waals surface area contributed by atoms with Crippen LogP contribution in [-0.2, 0) is 21.2 Å². The van der Waals surface area contributed by atoms with Gasteiger partial charge in [-0.05, 0) is 60.9 Å². The van der Waals surface area contributed by atoms with Crippen LogP contribution >= 0.6 is 11.6 Å². The van der Waals surface area contributed by atoms with E-state index >= 15 is 0 Å². The molecule has 0 bridgehead atoms. The molecule has 0 atom stereocenters. The first-order valence-electron chi connectivity index (χ1n) is 12.2. The maximum Gasteiger partial charge on any atom is 0.232 e. The van der Waals surface area contributed by atoms with Crippen LogP contribution in [0.3, 0.4) is 0 Å². The molecule has 3 aromatic rings. The summed E-state index contributed by atoms with van der Waals surface area (Å²) in [5.41, 5.74) is 1.58. The first-order chi connectivity index (χ1) is 17.8. The van der Waals surface area contributed by atoms with Crippen molar-refractivity contribution in [2.45, 2.75) is 32.6 Å². The van der Waals surface area contributed by atoms with E-state index in [4.69, 9.17) is 21.1 Å². The molecule has 198 valence electrons. The van der Waals surface area contributed by atoms with Crippen molar-refractivity contribution in [3.8, 4) is 17.2 Å². The van der Waals surface area contributed by atoms with Crippen LogP contribution in [0, 0.1) is 0 Å². The lowest BCUT2D eigenvalue weighted by molar-refractivity contribution is -0.121. The van der Waals surface area contributed by atoms with Crippen LogP contribution in [0.15, 0.2) is 72.8 Å². The Morgan fingerprint density at radius 2 is 1.73 bits per heavy atom. The number of sulfonamides is 1. The Morgan fingerprint density at radius 3 is 2.41 bits per heavy atom. The topological polar surface area (TPSA) is 84.9 Å². The molecule has 9 heteroatoms. The highest BCUT2D eigenvalue weighted by molar-refractivity contribution is 7.92. The van der Waals surface area contributed by atoms with Gasteiger partial charge in [0, 0.05) is 18.0 Å². The van der Waals surface area contributed by atoms with Crippen molar-refractivity contribution in [2.75, 3.05) is 30.3 Å². The zero-order valence-corrected chi connectivity index (χ0v) is 22.7. The highest BCUT2D eigenvalue weighted by atomic mass is 35.5. The number of halogens is 1. The number of benzene rings is 3. The molecule has 7 nitrogen and oxygen atoms in total. The molecule has 0 saturated carbocycles. The molecular weight excluding hydrogens is 512 g/mol. The average molecular weight is 545 g/mol. The van der Waals surface area contributed by atoms with Crippen LogP contribution < -0.4 is 19.1 Å². The quantitative estimate of drug-likeness (QED) is 0.258. The number of carbonyl (C=O) groups is 1. The van der Waals surface area contributed by atoms with E-state index in [0.29, 0.717) is 41.8 Å². The summed E-state index contributed by atoms with van der Waals surface area (Å²) in [4.78, 5) is 12.3. The average Bonchev–Trinajstić information content (AvgIpc) is 2.87. The molecular formula is C28H33ClN2O5S. The van der Waals surface area contributed by atoms with Gasteiger partial charge in [0.15, 0.2) is 5.75 Å². The number of aryl methyl sites for hydroxylation is 1. The highest BCUT2D eigenvalue weighted by Crippen LogP contribution is 2.36. The van der Waals surface area contributed by atoms with Gasteiger partial charge in [-0.15, -0.1) is 0 Å². The molecule has 3 aromatic carbocycles. The maximum atomic E-state index is 12.6. The molecule has 0 aliphatic carbocycles. The van der Waals surface area contributed by atoms with Gasteiger partial charge in [0.05, 0.1) is 18.5 Å². The Hall–Kier alpha value is -3.23. The molecule has 0 spiro atoms. The predicted octanol–water partition coefficient (Wildman–Crippen LogP) is 5.83. The van der Waals surface area contributed by atoms with Crippen molar-refractivity contribution < 1.29 is 22.7 Å². The first kappa shape index (κ1) is 28.3. The number of hydrogen-bond acceptors (Lipinski definition) is 5. The number of para-hydroxylation sites is 1. The summed E-state index contributed by atoms with van der Waals surface area (Å²) in [7, 11) is -3.66. The summed E-state index contributed by atoms with van der Waals surface area (Å²) in [6, 6.07) is 21.8. The zero-order valence-electron chi connectivity index (χ0n) is 21.2. The molecule has 0 saturated heterocycles. The Balaban J connectivity index is 1.52. The van der Waals surface area contributed by atoms with E-state index in [-0.39, 0.29) is 18.9 Å². The van der Waals surface area contributed by atoms with Gasteiger partial charge in [0.25, 0.3) is 0 Å². The van der Waals surface area contributed by atoms with Gasteiger partial charge >= 0.3 is 0 Å². The van der Waals surface area contributed by atoms with Crippen LogP contribution in [0.1, 0.15) is 31.7 Å². The minimum Gasteiger partial charge on any atom is -0.492 e. The number of anilines is 1. The number of amides is 1. The largest absolute Gasteiger partial charge is 0.492 e. The van der Waals surface area contributed by atoms with Crippen LogP contribution in [0.4, 0.5) is 5.69 Å². The standard InChI is InChI=1S/C28H33ClN2O5S/c1-3-8-22-12-15-24(16-13-22)35-20-18-30-28(32)11-7-19-31(37(2,33)34)26-21-23(29)14-17-27(26)36-25-9-5-4-6-10-25/h4-6,9-10,12-17,21H,3,7-8,11,18-20H2,1-2H3,(H,30,32). The minimum absolute atomic E-state index is 0.0956. The zero-order chi connectivity index (χ0) is 26.7. The molecule has 0 aliphatic heterocycles. The Bertz CT molecular complexity index is 1250. The van der Waals surface area contributed by atoms with Crippen molar-refractivity contribution in [3.05, 3.63) is 83.4 Å². The van der Waals surface area contributed by atoms with E-state index < -0.39 is 10.0 Å². The summed E-state index contributed by atoms with van der Waals surface area (Å²) in [6.07, 6.45) is 3.72. The third kappa shape index (κ3) is 9.30. The third-order valence-corrected chi connectivity index (χ3v) is 6.90. The van der Waals surface area contributed by atoms with Crippen molar-refractivity contribution in [2.24, 2.45) is 0 Å². The number of nitrogens with one attached hydrogen (secondary N) is 1. The predicted molar refractivity (Wildman–Crippen MR) is 148 cm³/mol. The summed E-state index contributed by atoms with van der Waals surface area (Å²) in [5.74, 6) is 1.50. The fourth-order valence-electron chi connectivity index (χ4n) is 3.72. The SMILES string of the molecule is CCCc1ccc(OCCNC(=O)CCCN(c2cc(Cl)ccc2Oc2ccccc2)S(C)(=O)=O)cc1. The van der Waals surface area contributed by atoms with E-state index in [1.165, 1.54) is 9.87 Å². The summed E-state index contributed by atoms with van der Waals surface area (Å²) >= 11 is 6.18. The van der Waals surface area contributed by atoms with E-state index in [2.05, 4.69) is 12.2 Å². The van der Waals surface area contributed by atoms with Crippen LogP contribution in [0.5, 0.6) is 17.2 Å². The molecule has 1 amide bonds. The number of ether oxygens (including phenoxy) is 2. The fraction of sp³-hybridized carbons (Fsp3) is 0.321. The summed E-state index contributed by atoms with van der Waals surface area (Å²) in [5, 5.41) is 3.19. The van der Waals surface area contributed by atoms with Gasteiger partial charge in [0.1, 0.15) is 18.1 Å². The molecule has 37 heavy (non-hydrogen) atoms. The van der Waals surface area contributed by atoms with Gasteiger partial charge in [-0.25, -0.2) is 8.42 Å². The minimum atomic E-state index is -3.66. The summed E-state index contributed by atoms with van der Waals surface area (Å²) < 4.78 is 38.1. The molecule has 0 fully saturated rings. The molecule has 0 heterocycles. The van der Waals surface area contributed by atoms with Gasteiger partial charge in [0.2, 0.25) is 15.9 Å². The molecule has 0 radical (unpaired) electrons. The maximum absolute atomic E-state index is 12.6. The number of hydrogen-bond donors (Lipinski definition) is 1. The van der Waals surface area contributed by atoms with E-state index in [9.17, 15) is 13.2 Å². The fourth-order valence-corrected chi connectivity index (χ4v) is 4.85. The smallest absolute Gasteiger partial charge is 0.232 e. The molecule has 1 N–H and O–H groups in total. The monoisotopic (exact) mass is 544 g/mol. The Kier molecular flexibility index (Phi) is 10.7. The van der Waals surface area contributed by atoms with E-state index in [1.54, 1.807) is 30.3 Å². The molecule has 0 aliphatic rings. The van der Waals surface area contributed by atoms with Gasteiger partial charge in [-0.3, -0.25) is 9.10 Å². The highest BCUT2D eigenvalue weighted by Gasteiger charge is 2.22. The van der Waals surface area contributed by atoms with Crippen molar-refractivity contribution >= 4 is 33.2 Å². The van der Waals surface area contributed by atoms with Crippen LogP contribution in [0.2, 0.25) is 5.02 Å². The second kappa shape index (κ2) is 13.9. The second-order valence-electron chi connectivity index (χ2n) is 8.56. The molecule has 0 aromatic heterocycles. The third-order valence-electron chi connectivity index (χ3n) is 5.48. The molecule has 3 rings (SSSR count). The van der Waals surface area contributed by atoms with Crippen molar-refractivity contribution in [1.29, 1.82) is 0 Å². The number of rotatable bonds is 14. The van der Waals surface area contributed by atoms with E-state index in [1.807, 2.05) is 42.5 Å². The van der Waals surface area contributed by atoms with Crippen molar-refractivity contribution in [1.82, 2.24) is 5.32 Å². The first-order valence-corrected chi connectivity index (χ1v) is 14.5. The lowest BCUT2D eigenvalue weighted by Gasteiger charge is -2.25. The summed E-state index contributed by atoms with van der Waals surface area (Å²) in [6.45, 7) is 2.94. The Labute approximate surface area is 224 Å². The lowest BCUT2D eigenvalue weighted by atomic mass is 10.1. The van der Waals surface area contributed by atoms with Gasteiger partial charge in [-0.2, -0.15) is 0 Å². The van der Waals surface area contributed by atoms with Gasteiger partial charge < -0.3 is 14.8 Å². The van der Waals surface area contributed by atoms with Crippen LogP contribution in [0.25, 0.3) is 0 Å².